The first-order valence-electron chi connectivity index (χ1n) is 8.35. The molecule has 0 spiro atoms. The van der Waals surface area contributed by atoms with Crippen LogP contribution in [0.25, 0.3) is 27.8 Å². The minimum Gasteiger partial charge on any atom is -0.203 e. The molecule has 25 heavy (non-hydrogen) atoms. The summed E-state index contributed by atoms with van der Waals surface area (Å²) in [7, 11) is 0. The first kappa shape index (κ1) is 17.1. The minimum absolute atomic E-state index is 0.266. The van der Waals surface area contributed by atoms with Gasteiger partial charge in [-0.05, 0) is 35.6 Å². The molecule has 2 heteroatoms. The molecule has 3 rings (SSSR count). The van der Waals surface area contributed by atoms with Crippen molar-refractivity contribution in [3.8, 4) is 22.3 Å². The van der Waals surface area contributed by atoms with Crippen LogP contribution in [0.2, 0.25) is 0 Å². The average molecular weight is 334 g/mol. The Bertz CT molecular complexity index is 904. The van der Waals surface area contributed by atoms with E-state index in [1.807, 2.05) is 38.1 Å². The maximum Gasteiger partial charge on any atom is 0.167 e. The van der Waals surface area contributed by atoms with Crippen LogP contribution in [0.3, 0.4) is 0 Å². The third-order valence-electron chi connectivity index (χ3n) is 4.48. The van der Waals surface area contributed by atoms with Gasteiger partial charge in [-0.25, -0.2) is 8.78 Å². The fourth-order valence-electron chi connectivity index (χ4n) is 2.82. The van der Waals surface area contributed by atoms with E-state index in [0.717, 1.165) is 23.1 Å². The predicted molar refractivity (Wildman–Crippen MR) is 101 cm³/mol. The summed E-state index contributed by atoms with van der Waals surface area (Å²) in [6, 6.07) is 18.1. The molecule has 0 saturated heterocycles. The maximum absolute atomic E-state index is 14.6. The van der Waals surface area contributed by atoms with Crippen molar-refractivity contribution in [2.75, 3.05) is 0 Å². The van der Waals surface area contributed by atoms with Gasteiger partial charge in [0, 0.05) is 11.1 Å². The highest BCUT2D eigenvalue weighted by atomic mass is 19.2. The van der Waals surface area contributed by atoms with Crippen LogP contribution in [0.15, 0.2) is 67.2 Å². The summed E-state index contributed by atoms with van der Waals surface area (Å²) in [5, 5.41) is 0. The van der Waals surface area contributed by atoms with E-state index in [0.29, 0.717) is 11.1 Å². The van der Waals surface area contributed by atoms with Gasteiger partial charge in [0.05, 0.1) is 0 Å². The van der Waals surface area contributed by atoms with E-state index < -0.39 is 11.6 Å². The zero-order valence-electron chi connectivity index (χ0n) is 14.4. The molecule has 0 aliphatic heterocycles. The SMILES string of the molecule is C=C(CC)c1ccc(-c2ccc(-c3ccc(C)cc3)c(F)c2F)cc1. The molecule has 0 N–H and O–H groups in total. The highest BCUT2D eigenvalue weighted by Gasteiger charge is 2.16. The van der Waals surface area contributed by atoms with Gasteiger partial charge in [-0.15, -0.1) is 0 Å². The van der Waals surface area contributed by atoms with Gasteiger partial charge in [-0.2, -0.15) is 0 Å². The van der Waals surface area contributed by atoms with Crippen molar-refractivity contribution in [2.24, 2.45) is 0 Å². The monoisotopic (exact) mass is 334 g/mol. The number of aryl methyl sites for hydroxylation is 1. The van der Waals surface area contributed by atoms with Crippen LogP contribution >= 0.6 is 0 Å². The van der Waals surface area contributed by atoms with Crippen molar-refractivity contribution in [2.45, 2.75) is 20.3 Å². The molecule has 0 aliphatic carbocycles. The minimum atomic E-state index is -0.819. The quantitative estimate of drug-likeness (QED) is 0.480. The lowest BCUT2D eigenvalue weighted by atomic mass is 9.96. The zero-order valence-corrected chi connectivity index (χ0v) is 14.4. The molecule has 0 fully saturated rings. The molecule has 0 unspecified atom stereocenters. The van der Waals surface area contributed by atoms with Crippen LogP contribution in [0.1, 0.15) is 24.5 Å². The van der Waals surface area contributed by atoms with Gasteiger partial charge in [0.2, 0.25) is 0 Å². The molecule has 3 aromatic rings. The summed E-state index contributed by atoms with van der Waals surface area (Å²) in [6.07, 6.45) is 0.855. The smallest absolute Gasteiger partial charge is 0.167 e. The number of allylic oxidation sites excluding steroid dienone is 1. The van der Waals surface area contributed by atoms with E-state index in [-0.39, 0.29) is 11.1 Å². The van der Waals surface area contributed by atoms with Crippen LogP contribution in [-0.4, -0.2) is 0 Å². The molecule has 0 atom stereocenters. The lowest BCUT2D eigenvalue weighted by Gasteiger charge is -2.10. The molecule has 0 radical (unpaired) electrons. The van der Waals surface area contributed by atoms with Gasteiger partial charge >= 0.3 is 0 Å². The topological polar surface area (TPSA) is 0 Å². The number of rotatable bonds is 4. The second kappa shape index (κ2) is 7.02. The normalized spacial score (nSPS) is 10.7. The van der Waals surface area contributed by atoms with Gasteiger partial charge < -0.3 is 0 Å². The molecular weight excluding hydrogens is 314 g/mol. The summed E-state index contributed by atoms with van der Waals surface area (Å²) in [5.74, 6) is -1.64. The molecule has 0 amide bonds. The Balaban J connectivity index is 2.00. The second-order valence-corrected chi connectivity index (χ2v) is 6.19. The van der Waals surface area contributed by atoms with E-state index >= 15 is 0 Å². The molecule has 0 saturated carbocycles. The van der Waals surface area contributed by atoms with Crippen LogP contribution in [0.4, 0.5) is 8.78 Å². The Kier molecular flexibility index (Phi) is 4.80. The Morgan fingerprint density at radius 3 is 1.64 bits per heavy atom. The van der Waals surface area contributed by atoms with Crippen LogP contribution in [-0.2, 0) is 0 Å². The van der Waals surface area contributed by atoms with Gasteiger partial charge in [0.25, 0.3) is 0 Å². The Hall–Kier alpha value is -2.74. The van der Waals surface area contributed by atoms with Gasteiger partial charge in [0.15, 0.2) is 11.6 Å². The van der Waals surface area contributed by atoms with Crippen LogP contribution < -0.4 is 0 Å². The molecule has 3 aromatic carbocycles. The fraction of sp³-hybridized carbons (Fsp3) is 0.130. The molecule has 126 valence electrons. The summed E-state index contributed by atoms with van der Waals surface area (Å²) < 4.78 is 29.3. The first-order valence-corrected chi connectivity index (χ1v) is 8.35. The summed E-state index contributed by atoms with van der Waals surface area (Å²) in [4.78, 5) is 0. The van der Waals surface area contributed by atoms with E-state index in [1.54, 1.807) is 36.4 Å². The maximum atomic E-state index is 14.6. The van der Waals surface area contributed by atoms with Crippen molar-refractivity contribution in [3.63, 3.8) is 0 Å². The highest BCUT2D eigenvalue weighted by molar-refractivity contribution is 5.73. The Morgan fingerprint density at radius 1 is 0.760 bits per heavy atom. The largest absolute Gasteiger partial charge is 0.203 e. The first-order chi connectivity index (χ1) is 12.0. The van der Waals surface area contributed by atoms with Gasteiger partial charge in [-0.3, -0.25) is 0 Å². The molecule has 0 bridgehead atoms. The molecule has 0 heterocycles. The van der Waals surface area contributed by atoms with E-state index in [9.17, 15) is 8.78 Å². The summed E-state index contributed by atoms with van der Waals surface area (Å²) in [6.45, 7) is 7.99. The summed E-state index contributed by atoms with van der Waals surface area (Å²) in [5.41, 5.74) is 4.98. The molecule has 0 nitrogen and oxygen atoms in total. The zero-order chi connectivity index (χ0) is 18.0. The van der Waals surface area contributed by atoms with Crippen molar-refractivity contribution >= 4 is 5.57 Å². The Morgan fingerprint density at radius 2 is 1.20 bits per heavy atom. The average Bonchev–Trinajstić information content (AvgIpc) is 2.64. The van der Waals surface area contributed by atoms with Crippen molar-refractivity contribution in [3.05, 3.63) is 90.0 Å². The predicted octanol–water partition coefficient (Wildman–Crippen LogP) is 7.03. The third-order valence-corrected chi connectivity index (χ3v) is 4.48. The lowest BCUT2D eigenvalue weighted by Crippen LogP contribution is -1.94. The third kappa shape index (κ3) is 3.39. The van der Waals surface area contributed by atoms with E-state index in [4.69, 9.17) is 0 Å². The van der Waals surface area contributed by atoms with E-state index in [2.05, 4.69) is 6.58 Å². The number of hydrogen-bond donors (Lipinski definition) is 0. The standard InChI is InChI=1S/C23H20F2/c1-4-16(3)17-9-11-19(12-10-17)21-14-13-20(22(24)23(21)25)18-7-5-15(2)6-8-18/h5-14H,3-4H2,1-2H3. The number of halogens is 2. The summed E-state index contributed by atoms with van der Waals surface area (Å²) >= 11 is 0. The fourth-order valence-corrected chi connectivity index (χ4v) is 2.82. The van der Waals surface area contributed by atoms with E-state index in [1.165, 1.54) is 0 Å². The number of benzene rings is 3. The number of hydrogen-bond acceptors (Lipinski definition) is 0. The van der Waals surface area contributed by atoms with Gasteiger partial charge in [-0.1, -0.05) is 79.7 Å². The Labute approximate surface area is 147 Å². The van der Waals surface area contributed by atoms with Gasteiger partial charge in [0.1, 0.15) is 0 Å². The van der Waals surface area contributed by atoms with Crippen molar-refractivity contribution in [1.29, 1.82) is 0 Å². The van der Waals surface area contributed by atoms with Crippen molar-refractivity contribution in [1.82, 2.24) is 0 Å². The molecule has 0 aromatic heterocycles. The molecule has 0 aliphatic rings. The lowest BCUT2D eigenvalue weighted by molar-refractivity contribution is 0.514. The molecular formula is C23H20F2. The van der Waals surface area contributed by atoms with Crippen LogP contribution in [0, 0.1) is 18.6 Å². The second-order valence-electron chi connectivity index (χ2n) is 6.19. The highest BCUT2D eigenvalue weighted by Crippen LogP contribution is 2.32. The van der Waals surface area contributed by atoms with Crippen molar-refractivity contribution < 1.29 is 8.78 Å². The van der Waals surface area contributed by atoms with Crippen LogP contribution in [0.5, 0.6) is 0 Å².